The van der Waals surface area contributed by atoms with E-state index in [0.717, 1.165) is 31.7 Å². The summed E-state index contributed by atoms with van der Waals surface area (Å²) < 4.78 is 32.2. The highest BCUT2D eigenvalue weighted by molar-refractivity contribution is 7.89. The molecule has 0 bridgehead atoms. The summed E-state index contributed by atoms with van der Waals surface area (Å²) in [6, 6.07) is 14.7. The van der Waals surface area contributed by atoms with Crippen LogP contribution in [-0.2, 0) is 10.0 Å². The van der Waals surface area contributed by atoms with Gasteiger partial charge in [-0.15, -0.1) is 0 Å². The van der Waals surface area contributed by atoms with Crippen molar-refractivity contribution >= 4 is 15.8 Å². The zero-order valence-electron chi connectivity index (χ0n) is 19.9. The Labute approximate surface area is 203 Å². The van der Waals surface area contributed by atoms with E-state index in [1.54, 1.807) is 31.4 Å². The van der Waals surface area contributed by atoms with Gasteiger partial charge in [-0.1, -0.05) is 30.7 Å². The lowest BCUT2D eigenvalue weighted by Crippen LogP contribution is -2.40. The third kappa shape index (κ3) is 5.86. The lowest BCUT2D eigenvalue weighted by Gasteiger charge is -2.35. The molecule has 1 N–H and O–H groups in total. The number of sulfonamides is 1. The van der Waals surface area contributed by atoms with Gasteiger partial charge in [-0.3, -0.25) is 9.69 Å². The Balaban J connectivity index is 1.37. The van der Waals surface area contributed by atoms with Gasteiger partial charge in [0.25, 0.3) is 0 Å². The molecule has 2 aliphatic rings. The molecule has 34 heavy (non-hydrogen) atoms. The Kier molecular flexibility index (Phi) is 8.37. The van der Waals surface area contributed by atoms with Gasteiger partial charge < -0.3 is 10.1 Å². The second-order valence-corrected chi connectivity index (χ2v) is 11.0. The number of ketones is 1. The number of likely N-dealkylation sites (tertiary alicyclic amines) is 1. The number of carbonyl (C=O) groups excluding carboxylic acids is 1. The predicted octanol–water partition coefficient (Wildman–Crippen LogP) is 3.48. The largest absolute Gasteiger partial charge is 0.497 e. The van der Waals surface area contributed by atoms with E-state index in [0.29, 0.717) is 25.2 Å². The number of carbonyl (C=O) groups is 1. The van der Waals surface area contributed by atoms with Crippen molar-refractivity contribution in [2.24, 2.45) is 0 Å². The lowest BCUT2D eigenvalue weighted by atomic mass is 10.0. The lowest BCUT2D eigenvalue weighted by molar-refractivity contribution is 0.0983. The van der Waals surface area contributed by atoms with Crippen LogP contribution in [0.15, 0.2) is 53.4 Å². The minimum absolute atomic E-state index is 0.0442. The van der Waals surface area contributed by atoms with Gasteiger partial charge in [0.05, 0.1) is 18.6 Å². The molecule has 2 aromatic rings. The van der Waals surface area contributed by atoms with E-state index in [4.69, 9.17) is 4.74 Å². The number of nitrogens with zero attached hydrogens (tertiary/aromatic N) is 2. The van der Waals surface area contributed by atoms with E-state index in [9.17, 15) is 13.2 Å². The third-order valence-electron chi connectivity index (χ3n) is 6.83. The summed E-state index contributed by atoms with van der Waals surface area (Å²) in [5, 5.41) is 3.35. The molecule has 2 fully saturated rings. The number of hydrogen-bond donors (Lipinski definition) is 1. The molecule has 2 aliphatic heterocycles. The van der Waals surface area contributed by atoms with Crippen LogP contribution in [0.1, 0.15) is 54.1 Å². The first kappa shape index (κ1) is 24.9. The summed E-state index contributed by atoms with van der Waals surface area (Å²) in [4.78, 5) is 15.5. The molecular formula is C26H35N3O4S. The molecule has 8 heteroatoms. The Morgan fingerprint density at radius 1 is 0.912 bits per heavy atom. The van der Waals surface area contributed by atoms with Gasteiger partial charge in [-0.2, -0.15) is 4.31 Å². The van der Waals surface area contributed by atoms with Crippen LogP contribution in [0.3, 0.4) is 0 Å². The Morgan fingerprint density at radius 2 is 1.53 bits per heavy atom. The van der Waals surface area contributed by atoms with Crippen LogP contribution >= 0.6 is 0 Å². The number of Topliss-reactive ketones (excluding diaryl/α,β-unsaturated/α-hetero) is 1. The van der Waals surface area contributed by atoms with Crippen molar-refractivity contribution in [2.45, 2.75) is 43.0 Å². The van der Waals surface area contributed by atoms with E-state index in [1.165, 1.54) is 29.1 Å². The molecule has 0 aromatic heterocycles. The quantitative estimate of drug-likeness (QED) is 0.519. The fourth-order valence-electron chi connectivity index (χ4n) is 4.83. The fraction of sp³-hybridized carbons (Fsp3) is 0.500. The highest BCUT2D eigenvalue weighted by Gasteiger charge is 2.27. The van der Waals surface area contributed by atoms with E-state index < -0.39 is 10.0 Å². The zero-order valence-corrected chi connectivity index (χ0v) is 20.7. The average Bonchev–Trinajstić information content (AvgIpc) is 3.43. The number of piperidine rings is 1. The molecular weight excluding hydrogens is 450 g/mol. The standard InChI is InChI=1S/C26H35N3O4S/c1-33-23-11-7-21(8-12-23)25(28-15-3-2-4-16-28)19-27-20-26(30)22-9-13-24(14-10-22)34(31,32)29-17-5-6-18-29/h7-14,25,27H,2-6,15-20H2,1H3. The van der Waals surface area contributed by atoms with Crippen molar-refractivity contribution in [3.05, 3.63) is 59.7 Å². The second kappa shape index (κ2) is 11.4. The first-order valence-electron chi connectivity index (χ1n) is 12.2. The van der Waals surface area contributed by atoms with E-state index >= 15 is 0 Å². The summed E-state index contributed by atoms with van der Waals surface area (Å²) >= 11 is 0. The number of ether oxygens (including phenoxy) is 1. The maximum atomic E-state index is 12.8. The van der Waals surface area contributed by atoms with Gasteiger partial charge >= 0.3 is 0 Å². The van der Waals surface area contributed by atoms with Gasteiger partial charge in [0, 0.05) is 31.2 Å². The van der Waals surface area contributed by atoms with E-state index in [2.05, 4.69) is 22.3 Å². The summed E-state index contributed by atoms with van der Waals surface area (Å²) in [5.74, 6) is 0.789. The van der Waals surface area contributed by atoms with E-state index in [-0.39, 0.29) is 23.3 Å². The summed E-state index contributed by atoms with van der Waals surface area (Å²) in [6.45, 7) is 4.12. The molecule has 4 rings (SSSR count). The zero-order chi connectivity index (χ0) is 24.0. The van der Waals surface area contributed by atoms with Crippen LogP contribution in [0.2, 0.25) is 0 Å². The molecule has 0 aliphatic carbocycles. The molecule has 2 heterocycles. The van der Waals surface area contributed by atoms with Crippen molar-refractivity contribution in [3.8, 4) is 5.75 Å². The third-order valence-corrected chi connectivity index (χ3v) is 8.75. The summed E-state index contributed by atoms with van der Waals surface area (Å²) in [6.07, 6.45) is 5.45. The molecule has 7 nitrogen and oxygen atoms in total. The monoisotopic (exact) mass is 485 g/mol. The van der Waals surface area contributed by atoms with Gasteiger partial charge in [0.15, 0.2) is 5.78 Å². The van der Waals surface area contributed by atoms with Crippen molar-refractivity contribution in [1.29, 1.82) is 0 Å². The SMILES string of the molecule is COc1ccc(C(CNCC(=O)c2ccc(S(=O)(=O)N3CCCC3)cc2)N2CCCCC2)cc1. The molecule has 2 aromatic carbocycles. The number of nitrogens with one attached hydrogen (secondary N) is 1. The first-order chi connectivity index (χ1) is 16.5. The van der Waals surface area contributed by atoms with Crippen LogP contribution in [0.5, 0.6) is 5.75 Å². The second-order valence-electron chi connectivity index (χ2n) is 9.08. The highest BCUT2D eigenvalue weighted by Crippen LogP contribution is 2.26. The topological polar surface area (TPSA) is 78.9 Å². The highest BCUT2D eigenvalue weighted by atomic mass is 32.2. The van der Waals surface area contributed by atoms with Gasteiger partial charge in [0.2, 0.25) is 10.0 Å². The number of hydrogen-bond acceptors (Lipinski definition) is 6. The van der Waals surface area contributed by atoms with E-state index in [1.807, 2.05) is 12.1 Å². The molecule has 0 radical (unpaired) electrons. The molecule has 0 spiro atoms. The van der Waals surface area contributed by atoms with Crippen LogP contribution in [0.4, 0.5) is 0 Å². The Bertz CT molecular complexity index is 1040. The Hall–Kier alpha value is -2.26. The van der Waals surface area contributed by atoms with Gasteiger partial charge in [-0.25, -0.2) is 8.42 Å². The number of methoxy groups -OCH3 is 1. The minimum atomic E-state index is -3.47. The summed E-state index contributed by atoms with van der Waals surface area (Å²) in [5.41, 5.74) is 1.73. The molecule has 0 saturated carbocycles. The number of benzene rings is 2. The van der Waals surface area contributed by atoms with Crippen LogP contribution < -0.4 is 10.1 Å². The van der Waals surface area contributed by atoms with Crippen molar-refractivity contribution in [2.75, 3.05) is 46.4 Å². The minimum Gasteiger partial charge on any atom is -0.497 e. The molecule has 1 unspecified atom stereocenters. The van der Waals surface area contributed by atoms with Crippen LogP contribution in [0.25, 0.3) is 0 Å². The van der Waals surface area contributed by atoms with Crippen LogP contribution in [-0.4, -0.2) is 69.8 Å². The van der Waals surface area contributed by atoms with Crippen molar-refractivity contribution in [1.82, 2.24) is 14.5 Å². The average molecular weight is 486 g/mol. The predicted molar refractivity (Wildman–Crippen MR) is 133 cm³/mol. The normalized spacial score (nSPS) is 18.6. The van der Waals surface area contributed by atoms with Crippen molar-refractivity contribution < 1.29 is 17.9 Å². The van der Waals surface area contributed by atoms with Crippen LogP contribution in [0, 0.1) is 0 Å². The molecule has 1 atom stereocenters. The maximum Gasteiger partial charge on any atom is 0.243 e. The maximum absolute atomic E-state index is 12.8. The molecule has 2 saturated heterocycles. The smallest absolute Gasteiger partial charge is 0.243 e. The van der Waals surface area contributed by atoms with Gasteiger partial charge in [-0.05, 0) is 68.6 Å². The molecule has 184 valence electrons. The summed E-state index contributed by atoms with van der Waals surface area (Å²) in [7, 11) is -1.80. The van der Waals surface area contributed by atoms with Gasteiger partial charge in [0.1, 0.15) is 5.75 Å². The first-order valence-corrected chi connectivity index (χ1v) is 13.7. The Morgan fingerprint density at radius 3 is 2.15 bits per heavy atom. The fourth-order valence-corrected chi connectivity index (χ4v) is 6.35. The van der Waals surface area contributed by atoms with Crippen molar-refractivity contribution in [3.63, 3.8) is 0 Å². The molecule has 0 amide bonds. The number of rotatable bonds is 10.